The van der Waals surface area contributed by atoms with E-state index in [9.17, 15) is 0 Å². The Morgan fingerprint density at radius 1 is 1.53 bits per heavy atom. The second kappa shape index (κ2) is 4.18. The van der Waals surface area contributed by atoms with Crippen LogP contribution in [0, 0.1) is 5.41 Å². The summed E-state index contributed by atoms with van der Waals surface area (Å²) in [5.74, 6) is 0.921. The second-order valence-corrected chi connectivity index (χ2v) is 5.56. The molecule has 0 saturated heterocycles. The van der Waals surface area contributed by atoms with Gasteiger partial charge in [0.2, 0.25) is 0 Å². The van der Waals surface area contributed by atoms with Gasteiger partial charge in [-0.05, 0) is 48.4 Å². The predicted octanol–water partition coefficient (Wildman–Crippen LogP) is 3.60. The van der Waals surface area contributed by atoms with E-state index in [0.29, 0.717) is 16.7 Å². The first kappa shape index (κ1) is 11.0. The summed E-state index contributed by atoms with van der Waals surface area (Å²) < 4.78 is 5.30. The number of furan rings is 1. The first-order valence-corrected chi connectivity index (χ1v) is 5.91. The van der Waals surface area contributed by atoms with Crippen molar-refractivity contribution in [3.63, 3.8) is 0 Å². The van der Waals surface area contributed by atoms with Crippen LogP contribution in [0.2, 0.25) is 5.22 Å². The molecule has 1 N–H and O–H groups in total. The summed E-state index contributed by atoms with van der Waals surface area (Å²) in [7, 11) is 0. The van der Waals surface area contributed by atoms with Gasteiger partial charge in [0.05, 0.1) is 6.54 Å². The van der Waals surface area contributed by atoms with E-state index in [-0.39, 0.29) is 0 Å². The van der Waals surface area contributed by atoms with Crippen molar-refractivity contribution in [3.05, 3.63) is 23.1 Å². The van der Waals surface area contributed by atoms with Gasteiger partial charge >= 0.3 is 0 Å². The van der Waals surface area contributed by atoms with E-state index in [0.717, 1.165) is 12.3 Å². The Labute approximate surface area is 96.0 Å². The van der Waals surface area contributed by atoms with Crippen molar-refractivity contribution in [2.45, 2.75) is 45.7 Å². The first-order valence-electron chi connectivity index (χ1n) is 5.53. The highest BCUT2D eigenvalue weighted by Gasteiger charge is 2.30. The third-order valence-electron chi connectivity index (χ3n) is 3.16. The zero-order valence-corrected chi connectivity index (χ0v) is 10.1. The lowest BCUT2D eigenvalue weighted by Gasteiger charge is -2.17. The maximum absolute atomic E-state index is 5.71. The lowest BCUT2D eigenvalue weighted by atomic mass is 9.92. The molecular formula is C12H18ClNO. The van der Waals surface area contributed by atoms with Crippen molar-refractivity contribution in [3.8, 4) is 0 Å². The number of rotatable bonds is 3. The van der Waals surface area contributed by atoms with Crippen molar-refractivity contribution in [1.29, 1.82) is 0 Å². The summed E-state index contributed by atoms with van der Waals surface area (Å²) in [4.78, 5) is 0. The molecule has 1 aromatic heterocycles. The van der Waals surface area contributed by atoms with Gasteiger partial charge in [0, 0.05) is 6.04 Å². The van der Waals surface area contributed by atoms with Crippen LogP contribution in [0.25, 0.3) is 0 Å². The minimum Gasteiger partial charge on any atom is -0.448 e. The average Bonchev–Trinajstić information content (AvgIpc) is 2.69. The molecule has 1 aliphatic rings. The summed E-state index contributed by atoms with van der Waals surface area (Å²) in [6, 6.07) is 4.34. The van der Waals surface area contributed by atoms with Crippen molar-refractivity contribution < 1.29 is 4.42 Å². The highest BCUT2D eigenvalue weighted by Crippen LogP contribution is 2.36. The fraction of sp³-hybridized carbons (Fsp3) is 0.667. The molecule has 2 rings (SSSR count). The molecule has 2 nitrogen and oxygen atoms in total. The topological polar surface area (TPSA) is 25.2 Å². The normalized spacial score (nSPS) is 24.6. The number of hydrogen-bond acceptors (Lipinski definition) is 2. The smallest absolute Gasteiger partial charge is 0.193 e. The Balaban J connectivity index is 1.80. The van der Waals surface area contributed by atoms with Gasteiger partial charge in [0.15, 0.2) is 5.22 Å². The van der Waals surface area contributed by atoms with Gasteiger partial charge in [-0.1, -0.05) is 13.8 Å². The Bertz CT molecular complexity index is 332. The van der Waals surface area contributed by atoms with Crippen LogP contribution in [0.1, 0.15) is 38.9 Å². The lowest BCUT2D eigenvalue weighted by Crippen LogP contribution is -2.26. The molecule has 1 fully saturated rings. The zero-order valence-electron chi connectivity index (χ0n) is 9.35. The fourth-order valence-corrected chi connectivity index (χ4v) is 2.46. The molecule has 1 unspecified atom stereocenters. The van der Waals surface area contributed by atoms with Crippen LogP contribution in [-0.2, 0) is 6.54 Å². The fourth-order valence-electron chi connectivity index (χ4n) is 2.30. The number of nitrogens with one attached hydrogen (secondary N) is 1. The van der Waals surface area contributed by atoms with Gasteiger partial charge in [0.1, 0.15) is 5.76 Å². The molecular weight excluding hydrogens is 210 g/mol. The molecule has 15 heavy (non-hydrogen) atoms. The van der Waals surface area contributed by atoms with Gasteiger partial charge < -0.3 is 9.73 Å². The van der Waals surface area contributed by atoms with Crippen LogP contribution in [0.15, 0.2) is 16.5 Å². The van der Waals surface area contributed by atoms with Crippen molar-refractivity contribution in [2.24, 2.45) is 5.41 Å². The van der Waals surface area contributed by atoms with Crippen molar-refractivity contribution in [1.82, 2.24) is 5.32 Å². The summed E-state index contributed by atoms with van der Waals surface area (Å²) in [6.07, 6.45) is 3.83. The predicted molar refractivity (Wildman–Crippen MR) is 62.0 cm³/mol. The molecule has 0 radical (unpaired) electrons. The Hall–Kier alpha value is -0.470. The highest BCUT2D eigenvalue weighted by molar-refractivity contribution is 6.28. The van der Waals surface area contributed by atoms with E-state index >= 15 is 0 Å². The number of hydrogen-bond donors (Lipinski definition) is 1. The minimum absolute atomic E-state index is 0.471. The average molecular weight is 228 g/mol. The largest absolute Gasteiger partial charge is 0.448 e. The first-order chi connectivity index (χ1) is 7.05. The molecule has 1 atom stereocenters. The quantitative estimate of drug-likeness (QED) is 0.854. The van der Waals surface area contributed by atoms with Crippen molar-refractivity contribution in [2.75, 3.05) is 0 Å². The van der Waals surface area contributed by atoms with Crippen LogP contribution in [0.3, 0.4) is 0 Å². The maximum Gasteiger partial charge on any atom is 0.193 e. The maximum atomic E-state index is 5.71. The van der Waals surface area contributed by atoms with Crippen LogP contribution in [0.5, 0.6) is 0 Å². The number of halogens is 1. The SMILES string of the molecule is CC1(C)CCC(NCc2ccc(Cl)o2)C1. The van der Waals surface area contributed by atoms with Gasteiger partial charge in [0.25, 0.3) is 0 Å². The molecule has 1 aromatic rings. The molecule has 1 heterocycles. The van der Waals surface area contributed by atoms with Gasteiger partial charge in [-0.25, -0.2) is 0 Å². The standard InChI is InChI=1S/C12H18ClNO/c1-12(2)6-5-9(7-12)14-8-10-3-4-11(13)15-10/h3-4,9,14H,5-8H2,1-2H3. The van der Waals surface area contributed by atoms with Crippen LogP contribution in [0.4, 0.5) is 0 Å². The third-order valence-corrected chi connectivity index (χ3v) is 3.37. The van der Waals surface area contributed by atoms with Crippen LogP contribution < -0.4 is 5.32 Å². The molecule has 0 spiro atoms. The van der Waals surface area contributed by atoms with Crippen LogP contribution in [-0.4, -0.2) is 6.04 Å². The van der Waals surface area contributed by atoms with Crippen LogP contribution >= 0.6 is 11.6 Å². The summed E-state index contributed by atoms with van der Waals surface area (Å²) in [5, 5.41) is 3.99. The molecule has 84 valence electrons. The van der Waals surface area contributed by atoms with E-state index in [1.54, 1.807) is 6.07 Å². The van der Waals surface area contributed by atoms with E-state index in [1.807, 2.05) is 6.07 Å². The van der Waals surface area contributed by atoms with E-state index in [1.165, 1.54) is 19.3 Å². The molecule has 0 amide bonds. The highest BCUT2D eigenvalue weighted by atomic mass is 35.5. The monoisotopic (exact) mass is 227 g/mol. The second-order valence-electron chi connectivity index (χ2n) is 5.19. The zero-order chi connectivity index (χ0) is 10.9. The van der Waals surface area contributed by atoms with E-state index < -0.39 is 0 Å². The third kappa shape index (κ3) is 2.99. The molecule has 3 heteroatoms. The van der Waals surface area contributed by atoms with Crippen molar-refractivity contribution >= 4 is 11.6 Å². The minimum atomic E-state index is 0.471. The van der Waals surface area contributed by atoms with Gasteiger partial charge in [-0.3, -0.25) is 0 Å². The summed E-state index contributed by atoms with van der Waals surface area (Å²) in [6.45, 7) is 5.45. The molecule has 0 aromatic carbocycles. The molecule has 0 aliphatic heterocycles. The van der Waals surface area contributed by atoms with Gasteiger partial charge in [-0.15, -0.1) is 0 Å². The van der Waals surface area contributed by atoms with E-state index in [4.69, 9.17) is 16.0 Å². The van der Waals surface area contributed by atoms with Gasteiger partial charge in [-0.2, -0.15) is 0 Å². The molecule has 0 bridgehead atoms. The Morgan fingerprint density at radius 2 is 2.33 bits per heavy atom. The summed E-state index contributed by atoms with van der Waals surface area (Å²) in [5.41, 5.74) is 0.498. The molecule has 1 saturated carbocycles. The van der Waals surface area contributed by atoms with E-state index in [2.05, 4.69) is 19.2 Å². The summed E-state index contributed by atoms with van der Waals surface area (Å²) >= 11 is 5.71. The lowest BCUT2D eigenvalue weighted by molar-refractivity contribution is 0.359. The Kier molecular flexibility index (Phi) is 3.08. The Morgan fingerprint density at radius 3 is 2.87 bits per heavy atom. The molecule has 1 aliphatic carbocycles.